The van der Waals surface area contributed by atoms with Crippen LogP contribution in [0, 0.1) is 11.6 Å². The molecule has 0 radical (unpaired) electrons. The molecule has 0 bridgehead atoms. The van der Waals surface area contributed by atoms with Crippen molar-refractivity contribution >= 4 is 17.1 Å². The lowest BCUT2D eigenvalue weighted by Gasteiger charge is -2.02. The minimum absolute atomic E-state index is 0.0360. The summed E-state index contributed by atoms with van der Waals surface area (Å²) in [6, 6.07) is 11.6. The van der Waals surface area contributed by atoms with Crippen LogP contribution in [0.2, 0.25) is 5.02 Å². The monoisotopic (exact) mass is 439 g/mol. The van der Waals surface area contributed by atoms with Gasteiger partial charge in [0, 0.05) is 23.5 Å². The van der Waals surface area contributed by atoms with Gasteiger partial charge in [-0.1, -0.05) is 16.8 Å². The summed E-state index contributed by atoms with van der Waals surface area (Å²) >= 11 is 5.80. The fraction of sp³-hybridized carbons (Fsp3) is 0.0476. The van der Waals surface area contributed by atoms with Crippen molar-refractivity contribution in [2.24, 2.45) is 0 Å². The SMILES string of the molecule is O=c1c2cc(-c3ccc(F)cc3)nn2ccn1Cc1nc(-c2ccc(F)c(Cl)c2)no1. The van der Waals surface area contributed by atoms with Crippen molar-refractivity contribution in [1.82, 2.24) is 24.3 Å². The zero-order valence-corrected chi connectivity index (χ0v) is 16.4. The van der Waals surface area contributed by atoms with Gasteiger partial charge in [-0.2, -0.15) is 10.1 Å². The molecule has 0 saturated heterocycles. The Morgan fingerprint density at radius 1 is 1.00 bits per heavy atom. The molecule has 0 aliphatic heterocycles. The molecule has 5 aromatic rings. The maximum absolute atomic E-state index is 13.3. The van der Waals surface area contributed by atoms with Gasteiger partial charge in [-0.05, 0) is 48.5 Å². The average Bonchev–Trinajstić information content (AvgIpc) is 3.40. The smallest absolute Gasteiger partial charge is 0.277 e. The van der Waals surface area contributed by atoms with Gasteiger partial charge in [-0.25, -0.2) is 13.3 Å². The highest BCUT2D eigenvalue weighted by Crippen LogP contribution is 2.23. The van der Waals surface area contributed by atoms with Crippen LogP contribution >= 0.6 is 11.6 Å². The van der Waals surface area contributed by atoms with Crippen LogP contribution in [0.3, 0.4) is 0 Å². The third kappa shape index (κ3) is 3.59. The third-order valence-electron chi connectivity index (χ3n) is 4.70. The summed E-state index contributed by atoms with van der Waals surface area (Å²) in [5.74, 6) is -0.472. The van der Waals surface area contributed by atoms with Crippen LogP contribution in [-0.4, -0.2) is 24.3 Å². The van der Waals surface area contributed by atoms with Crippen LogP contribution in [0.15, 0.2) is 70.2 Å². The van der Waals surface area contributed by atoms with E-state index >= 15 is 0 Å². The lowest BCUT2D eigenvalue weighted by atomic mass is 10.1. The molecule has 31 heavy (non-hydrogen) atoms. The summed E-state index contributed by atoms with van der Waals surface area (Å²) in [4.78, 5) is 17.1. The summed E-state index contributed by atoms with van der Waals surface area (Å²) in [5, 5.41) is 8.18. The topological polar surface area (TPSA) is 78.2 Å². The van der Waals surface area contributed by atoms with Crippen LogP contribution < -0.4 is 5.56 Å². The predicted octanol–water partition coefficient (Wildman–Crippen LogP) is 4.19. The molecule has 0 spiro atoms. The van der Waals surface area contributed by atoms with Crippen LogP contribution in [0.25, 0.3) is 28.2 Å². The molecule has 3 heterocycles. The van der Waals surface area contributed by atoms with E-state index in [1.807, 2.05) is 0 Å². The zero-order valence-electron chi connectivity index (χ0n) is 15.7. The summed E-state index contributed by atoms with van der Waals surface area (Å²) in [7, 11) is 0. The van der Waals surface area contributed by atoms with E-state index in [2.05, 4.69) is 15.2 Å². The lowest BCUT2D eigenvalue weighted by Crippen LogP contribution is -2.21. The maximum Gasteiger partial charge on any atom is 0.277 e. The standard InChI is InChI=1S/C21H12ClF2N5O2/c22-15-9-13(3-6-16(15)24)20-25-19(31-27-20)11-28-7-8-29-18(21(28)30)10-17(26-29)12-1-4-14(23)5-2-12/h1-10H,11H2. The van der Waals surface area contributed by atoms with Crippen molar-refractivity contribution in [1.29, 1.82) is 0 Å². The molecule has 0 fully saturated rings. The summed E-state index contributed by atoms with van der Waals surface area (Å²) in [5.41, 5.74) is 1.75. The molecule has 0 aliphatic carbocycles. The number of halogens is 3. The molecular weight excluding hydrogens is 428 g/mol. The summed E-state index contributed by atoms with van der Waals surface area (Å²) in [6.07, 6.45) is 3.18. The Morgan fingerprint density at radius 2 is 1.77 bits per heavy atom. The Kier molecular flexibility index (Phi) is 4.59. The molecule has 0 aliphatic rings. The van der Waals surface area contributed by atoms with Crippen molar-refractivity contribution < 1.29 is 13.3 Å². The second kappa shape index (κ2) is 7.44. The van der Waals surface area contributed by atoms with Gasteiger partial charge in [0.1, 0.15) is 23.7 Å². The number of nitrogens with zero attached hydrogens (tertiary/aromatic N) is 5. The van der Waals surface area contributed by atoms with Crippen LogP contribution in [0.4, 0.5) is 8.78 Å². The first-order valence-electron chi connectivity index (χ1n) is 9.11. The Labute approximate surface area is 178 Å². The van der Waals surface area contributed by atoms with E-state index in [1.165, 1.54) is 39.4 Å². The number of rotatable bonds is 4. The van der Waals surface area contributed by atoms with Crippen molar-refractivity contribution in [3.05, 3.63) is 93.8 Å². The largest absolute Gasteiger partial charge is 0.337 e. The van der Waals surface area contributed by atoms with E-state index in [4.69, 9.17) is 16.1 Å². The van der Waals surface area contributed by atoms with Gasteiger partial charge in [0.25, 0.3) is 5.56 Å². The number of hydrogen-bond acceptors (Lipinski definition) is 5. The molecular formula is C21H12ClF2N5O2. The molecule has 3 aromatic heterocycles. The summed E-state index contributed by atoms with van der Waals surface area (Å²) < 4.78 is 34.6. The van der Waals surface area contributed by atoms with Crippen LogP contribution in [0.1, 0.15) is 5.89 Å². The van der Waals surface area contributed by atoms with Gasteiger partial charge in [0.15, 0.2) is 0 Å². The fourth-order valence-corrected chi connectivity index (χ4v) is 3.31. The molecule has 0 atom stereocenters. The van der Waals surface area contributed by atoms with E-state index < -0.39 is 5.82 Å². The lowest BCUT2D eigenvalue weighted by molar-refractivity contribution is 0.370. The highest BCUT2D eigenvalue weighted by atomic mass is 35.5. The van der Waals surface area contributed by atoms with Gasteiger partial charge in [0.05, 0.1) is 10.7 Å². The van der Waals surface area contributed by atoms with Gasteiger partial charge in [-0.3, -0.25) is 4.79 Å². The predicted molar refractivity (Wildman–Crippen MR) is 109 cm³/mol. The molecule has 0 N–H and O–H groups in total. The number of hydrogen-bond donors (Lipinski definition) is 0. The third-order valence-corrected chi connectivity index (χ3v) is 4.98. The molecule has 154 valence electrons. The minimum Gasteiger partial charge on any atom is -0.337 e. The molecule has 0 saturated carbocycles. The Bertz CT molecular complexity index is 1470. The molecule has 2 aromatic carbocycles. The Morgan fingerprint density at radius 3 is 2.55 bits per heavy atom. The minimum atomic E-state index is -0.546. The quantitative estimate of drug-likeness (QED) is 0.419. The van der Waals surface area contributed by atoms with Crippen LogP contribution in [-0.2, 0) is 6.54 Å². The van der Waals surface area contributed by atoms with Crippen molar-refractivity contribution in [2.45, 2.75) is 6.54 Å². The second-order valence-electron chi connectivity index (χ2n) is 6.74. The first kappa shape index (κ1) is 19.1. The molecule has 5 rings (SSSR count). The number of aromatic nitrogens is 5. The van der Waals surface area contributed by atoms with E-state index in [0.29, 0.717) is 22.3 Å². The first-order valence-corrected chi connectivity index (χ1v) is 9.48. The van der Waals surface area contributed by atoms with Gasteiger partial charge < -0.3 is 9.09 Å². The Hall–Kier alpha value is -3.85. The maximum atomic E-state index is 13.3. The van der Waals surface area contributed by atoms with Crippen LogP contribution in [0.5, 0.6) is 0 Å². The number of fused-ring (bicyclic) bond motifs is 1. The molecule has 10 heteroatoms. The number of benzene rings is 2. The van der Waals surface area contributed by atoms with Crippen molar-refractivity contribution in [2.75, 3.05) is 0 Å². The highest BCUT2D eigenvalue weighted by molar-refractivity contribution is 6.31. The van der Waals surface area contributed by atoms with Gasteiger partial charge >= 0.3 is 0 Å². The fourth-order valence-electron chi connectivity index (χ4n) is 3.13. The second-order valence-corrected chi connectivity index (χ2v) is 7.15. The van der Waals surface area contributed by atoms with E-state index in [1.54, 1.807) is 30.6 Å². The first-order chi connectivity index (χ1) is 15.0. The molecule has 7 nitrogen and oxygen atoms in total. The zero-order chi connectivity index (χ0) is 21.5. The van der Waals surface area contributed by atoms with Crippen molar-refractivity contribution in [3.8, 4) is 22.6 Å². The molecule has 0 amide bonds. The van der Waals surface area contributed by atoms with E-state index in [-0.39, 0.29) is 34.7 Å². The molecule has 0 unspecified atom stereocenters. The van der Waals surface area contributed by atoms with E-state index in [9.17, 15) is 13.6 Å². The average molecular weight is 440 g/mol. The van der Waals surface area contributed by atoms with Gasteiger partial charge in [0.2, 0.25) is 11.7 Å². The van der Waals surface area contributed by atoms with Crippen molar-refractivity contribution in [3.63, 3.8) is 0 Å². The Balaban J connectivity index is 1.45. The van der Waals surface area contributed by atoms with E-state index in [0.717, 1.165) is 0 Å². The normalized spacial score (nSPS) is 11.3. The van der Waals surface area contributed by atoms with Gasteiger partial charge in [-0.15, -0.1) is 0 Å². The summed E-state index contributed by atoms with van der Waals surface area (Å²) in [6.45, 7) is 0.0360. The highest BCUT2D eigenvalue weighted by Gasteiger charge is 2.14.